The number of carbonyl (C=O) groups excluding carboxylic acids is 1. The van der Waals surface area contributed by atoms with Crippen LogP contribution in [0.5, 0.6) is 5.75 Å². The molecule has 150 valence electrons. The van der Waals surface area contributed by atoms with Crippen LogP contribution in [-0.4, -0.2) is 36.1 Å². The molecule has 0 fully saturated rings. The molecule has 1 aromatic heterocycles. The Bertz CT molecular complexity index is 974. The van der Waals surface area contributed by atoms with Gasteiger partial charge in [-0.3, -0.25) is 4.79 Å². The van der Waals surface area contributed by atoms with E-state index in [1.54, 1.807) is 19.4 Å². The van der Waals surface area contributed by atoms with Gasteiger partial charge in [0.1, 0.15) is 11.4 Å². The van der Waals surface area contributed by atoms with Gasteiger partial charge in [0.05, 0.1) is 7.11 Å². The maximum Gasteiger partial charge on any atom is 0.270 e. The van der Waals surface area contributed by atoms with E-state index in [4.69, 9.17) is 4.74 Å². The van der Waals surface area contributed by atoms with Crippen LogP contribution in [0.15, 0.2) is 60.8 Å². The van der Waals surface area contributed by atoms with Gasteiger partial charge in [0.25, 0.3) is 5.91 Å². The Morgan fingerprint density at radius 2 is 1.97 bits per heavy atom. The number of methoxy groups -OCH3 is 1. The largest absolute Gasteiger partial charge is 0.497 e. The molecule has 0 radical (unpaired) electrons. The summed E-state index contributed by atoms with van der Waals surface area (Å²) in [5.41, 5.74) is 3.62. The van der Waals surface area contributed by atoms with Gasteiger partial charge in [-0.2, -0.15) is 0 Å². The van der Waals surface area contributed by atoms with Gasteiger partial charge in [-0.15, -0.1) is 0 Å². The van der Waals surface area contributed by atoms with E-state index < -0.39 is 0 Å². The van der Waals surface area contributed by atoms with Crippen LogP contribution in [0.3, 0.4) is 0 Å². The van der Waals surface area contributed by atoms with E-state index in [-0.39, 0.29) is 5.91 Å². The number of carbonyl (C=O) groups is 1. The normalized spacial score (nSPS) is 10.4. The molecule has 1 amide bonds. The van der Waals surface area contributed by atoms with Crippen LogP contribution in [0.2, 0.25) is 0 Å². The van der Waals surface area contributed by atoms with Gasteiger partial charge >= 0.3 is 0 Å². The van der Waals surface area contributed by atoms with Gasteiger partial charge in [-0.1, -0.05) is 24.3 Å². The van der Waals surface area contributed by atoms with Crippen molar-refractivity contribution in [2.45, 2.75) is 20.3 Å². The molecular weight excluding hydrogens is 364 g/mol. The lowest BCUT2D eigenvalue weighted by atomic mass is 10.1. The van der Waals surface area contributed by atoms with Crippen LogP contribution < -0.4 is 15.0 Å². The molecule has 1 N–H and O–H groups in total. The van der Waals surface area contributed by atoms with Crippen molar-refractivity contribution in [1.29, 1.82) is 0 Å². The minimum atomic E-state index is -0.211. The van der Waals surface area contributed by atoms with Crippen molar-refractivity contribution in [3.8, 4) is 5.75 Å². The van der Waals surface area contributed by atoms with Crippen LogP contribution in [-0.2, 0) is 6.42 Å². The summed E-state index contributed by atoms with van der Waals surface area (Å²) in [5.74, 6) is 1.11. The molecule has 0 aliphatic carbocycles. The molecule has 0 bridgehead atoms. The van der Waals surface area contributed by atoms with E-state index in [0.29, 0.717) is 31.2 Å². The lowest BCUT2D eigenvalue weighted by molar-refractivity contribution is 0.0949. The highest BCUT2D eigenvalue weighted by Crippen LogP contribution is 2.22. The standard InChI is InChI=1S/C23H26N4O2/c1-4-27(19-9-5-7-17(2)15-19)23-25-14-12-21(26-23)22(28)24-13-11-18-8-6-10-20(16-18)29-3/h5-10,12,14-16H,4,11,13H2,1-3H3,(H,24,28). The quantitative estimate of drug-likeness (QED) is 0.631. The zero-order valence-corrected chi connectivity index (χ0v) is 17.1. The van der Waals surface area contributed by atoms with Crippen LogP contribution in [0.25, 0.3) is 0 Å². The van der Waals surface area contributed by atoms with Crippen molar-refractivity contribution in [3.05, 3.63) is 77.6 Å². The average Bonchev–Trinajstić information content (AvgIpc) is 2.75. The number of aromatic nitrogens is 2. The summed E-state index contributed by atoms with van der Waals surface area (Å²) in [5, 5.41) is 2.93. The number of ether oxygens (including phenoxy) is 1. The van der Waals surface area contributed by atoms with Crippen molar-refractivity contribution < 1.29 is 9.53 Å². The minimum Gasteiger partial charge on any atom is -0.497 e. The van der Waals surface area contributed by atoms with Crippen LogP contribution in [0, 0.1) is 6.92 Å². The van der Waals surface area contributed by atoms with Gasteiger partial charge in [0, 0.05) is 25.0 Å². The fourth-order valence-electron chi connectivity index (χ4n) is 3.08. The molecule has 29 heavy (non-hydrogen) atoms. The third-order valence-electron chi connectivity index (χ3n) is 4.58. The molecule has 3 rings (SSSR count). The molecular formula is C23H26N4O2. The lowest BCUT2D eigenvalue weighted by Gasteiger charge is -2.21. The fraction of sp³-hybridized carbons (Fsp3) is 0.261. The number of benzene rings is 2. The highest BCUT2D eigenvalue weighted by molar-refractivity contribution is 5.92. The Balaban J connectivity index is 1.67. The molecule has 3 aromatic rings. The van der Waals surface area contributed by atoms with E-state index >= 15 is 0 Å². The Morgan fingerprint density at radius 3 is 2.72 bits per heavy atom. The maximum absolute atomic E-state index is 12.6. The first-order chi connectivity index (χ1) is 14.1. The zero-order valence-electron chi connectivity index (χ0n) is 17.1. The molecule has 1 heterocycles. The molecule has 6 nitrogen and oxygen atoms in total. The maximum atomic E-state index is 12.6. The second-order valence-corrected chi connectivity index (χ2v) is 6.68. The SMILES string of the molecule is CCN(c1cccc(C)c1)c1nccc(C(=O)NCCc2cccc(OC)c2)n1. The first-order valence-electron chi connectivity index (χ1n) is 9.69. The molecule has 6 heteroatoms. The van der Waals surface area contributed by atoms with Crippen molar-refractivity contribution in [1.82, 2.24) is 15.3 Å². The van der Waals surface area contributed by atoms with E-state index in [0.717, 1.165) is 22.6 Å². The van der Waals surface area contributed by atoms with Crippen molar-refractivity contribution in [3.63, 3.8) is 0 Å². The average molecular weight is 390 g/mol. The highest BCUT2D eigenvalue weighted by Gasteiger charge is 2.14. The second-order valence-electron chi connectivity index (χ2n) is 6.68. The van der Waals surface area contributed by atoms with E-state index in [2.05, 4.69) is 21.4 Å². The molecule has 0 atom stereocenters. The number of rotatable bonds is 8. The number of nitrogens with zero attached hydrogens (tertiary/aromatic N) is 3. The Kier molecular flexibility index (Phi) is 6.79. The van der Waals surface area contributed by atoms with Crippen LogP contribution in [0.1, 0.15) is 28.5 Å². The number of anilines is 2. The van der Waals surface area contributed by atoms with Crippen molar-refractivity contribution >= 4 is 17.5 Å². The van der Waals surface area contributed by atoms with Crippen LogP contribution >= 0.6 is 0 Å². The topological polar surface area (TPSA) is 67.4 Å². The summed E-state index contributed by atoms with van der Waals surface area (Å²) in [7, 11) is 1.64. The van der Waals surface area contributed by atoms with Gasteiger partial charge in [0.15, 0.2) is 0 Å². The summed E-state index contributed by atoms with van der Waals surface area (Å²) in [4.78, 5) is 23.4. The first kappa shape index (κ1) is 20.3. The summed E-state index contributed by atoms with van der Waals surface area (Å²) in [6, 6.07) is 17.6. The highest BCUT2D eigenvalue weighted by atomic mass is 16.5. The van der Waals surface area contributed by atoms with Crippen molar-refractivity contribution in [2.75, 3.05) is 25.1 Å². The van der Waals surface area contributed by atoms with Crippen LogP contribution in [0.4, 0.5) is 11.6 Å². The van der Waals surface area contributed by atoms with E-state index in [1.165, 1.54) is 0 Å². The Labute approximate surface area is 171 Å². The molecule has 0 aliphatic heterocycles. The van der Waals surface area contributed by atoms with E-state index in [1.807, 2.05) is 61.2 Å². The molecule has 0 spiro atoms. The summed E-state index contributed by atoms with van der Waals surface area (Å²) in [6.07, 6.45) is 2.34. The summed E-state index contributed by atoms with van der Waals surface area (Å²) in [6.45, 7) is 5.29. The first-order valence-corrected chi connectivity index (χ1v) is 9.69. The molecule has 0 saturated carbocycles. The predicted octanol–water partition coefficient (Wildman–Crippen LogP) is 3.92. The number of amides is 1. The summed E-state index contributed by atoms with van der Waals surface area (Å²) < 4.78 is 5.23. The Hall–Kier alpha value is -3.41. The minimum absolute atomic E-state index is 0.211. The number of nitrogens with one attached hydrogen (secondary N) is 1. The van der Waals surface area contributed by atoms with E-state index in [9.17, 15) is 4.79 Å². The van der Waals surface area contributed by atoms with Gasteiger partial charge in [-0.25, -0.2) is 9.97 Å². The van der Waals surface area contributed by atoms with Gasteiger partial charge < -0.3 is 15.0 Å². The van der Waals surface area contributed by atoms with Crippen molar-refractivity contribution in [2.24, 2.45) is 0 Å². The monoisotopic (exact) mass is 390 g/mol. The second kappa shape index (κ2) is 9.68. The van der Waals surface area contributed by atoms with Gasteiger partial charge in [-0.05, 0) is 61.7 Å². The predicted molar refractivity (Wildman–Crippen MR) is 115 cm³/mol. The Morgan fingerprint density at radius 1 is 1.14 bits per heavy atom. The fourth-order valence-corrected chi connectivity index (χ4v) is 3.08. The smallest absolute Gasteiger partial charge is 0.270 e. The number of aryl methyl sites for hydroxylation is 1. The zero-order chi connectivity index (χ0) is 20.6. The van der Waals surface area contributed by atoms with Gasteiger partial charge in [0.2, 0.25) is 5.95 Å². The third-order valence-corrected chi connectivity index (χ3v) is 4.58. The molecule has 0 unspecified atom stereocenters. The number of hydrogen-bond donors (Lipinski definition) is 1. The number of hydrogen-bond acceptors (Lipinski definition) is 5. The summed E-state index contributed by atoms with van der Waals surface area (Å²) >= 11 is 0. The molecule has 0 saturated heterocycles. The third kappa shape index (κ3) is 5.31. The lowest BCUT2D eigenvalue weighted by Crippen LogP contribution is -2.27. The molecule has 2 aromatic carbocycles. The molecule has 0 aliphatic rings.